The van der Waals surface area contributed by atoms with E-state index >= 15 is 0 Å². The van der Waals surface area contributed by atoms with E-state index in [2.05, 4.69) is 11.9 Å². The minimum absolute atomic E-state index is 0.00171. The van der Waals surface area contributed by atoms with E-state index in [4.69, 9.17) is 14.6 Å². The molecule has 0 fully saturated rings. The Hall–Kier alpha value is -1.89. The van der Waals surface area contributed by atoms with Crippen molar-refractivity contribution in [3.63, 3.8) is 0 Å². The first-order chi connectivity index (χ1) is 12.9. The molecule has 7 nitrogen and oxygen atoms in total. The predicted molar refractivity (Wildman–Crippen MR) is 112 cm³/mol. The molecule has 0 aliphatic carbocycles. The Morgan fingerprint density at radius 3 is 1.79 bits per heavy atom. The van der Waals surface area contributed by atoms with Crippen LogP contribution in [-0.2, 0) is 23.9 Å². The summed E-state index contributed by atoms with van der Waals surface area (Å²) in [5.41, 5.74) is 0.364. The van der Waals surface area contributed by atoms with Gasteiger partial charge in [-0.3, -0.25) is 9.59 Å². The molecule has 0 bridgehead atoms. The summed E-state index contributed by atoms with van der Waals surface area (Å²) in [6, 6.07) is 0. The Balaban J connectivity index is -0.000000400. The molecule has 0 aromatic rings. The minimum atomic E-state index is -0.423. The zero-order valence-corrected chi connectivity index (χ0v) is 19.0. The lowest BCUT2D eigenvalue weighted by molar-refractivity contribution is -0.145. The molecule has 166 valence electrons. The van der Waals surface area contributed by atoms with Crippen LogP contribution in [0.15, 0.2) is 12.2 Å². The van der Waals surface area contributed by atoms with E-state index in [0.29, 0.717) is 12.1 Å². The molecule has 3 atom stereocenters. The average molecular weight is 404 g/mol. The van der Waals surface area contributed by atoms with Crippen molar-refractivity contribution >= 4 is 17.8 Å². The summed E-state index contributed by atoms with van der Waals surface area (Å²) in [4.78, 5) is 32.4. The fourth-order valence-corrected chi connectivity index (χ4v) is 1.17. The first-order valence-electron chi connectivity index (χ1n) is 9.88. The number of carbonyl (C=O) groups is 3. The van der Waals surface area contributed by atoms with Crippen LogP contribution in [0.1, 0.15) is 74.7 Å². The maximum Gasteiger partial charge on any atom is 0.333 e. The zero-order valence-electron chi connectivity index (χ0n) is 19.0. The second kappa shape index (κ2) is 19.9. The van der Waals surface area contributed by atoms with E-state index in [1.165, 1.54) is 6.92 Å². The zero-order chi connectivity index (χ0) is 22.7. The number of ether oxygens (including phenoxy) is 2. The van der Waals surface area contributed by atoms with Crippen LogP contribution in [0.5, 0.6) is 0 Å². The third-order valence-corrected chi connectivity index (χ3v) is 3.58. The third-order valence-electron chi connectivity index (χ3n) is 3.58. The van der Waals surface area contributed by atoms with E-state index < -0.39 is 5.97 Å². The van der Waals surface area contributed by atoms with Crippen molar-refractivity contribution in [2.24, 2.45) is 5.92 Å². The van der Waals surface area contributed by atoms with Gasteiger partial charge in [0.05, 0.1) is 18.8 Å². The lowest BCUT2D eigenvalue weighted by Gasteiger charge is -2.10. The van der Waals surface area contributed by atoms with Gasteiger partial charge in [0.1, 0.15) is 6.61 Å². The molecule has 0 spiro atoms. The molecule has 28 heavy (non-hydrogen) atoms. The summed E-state index contributed by atoms with van der Waals surface area (Å²) >= 11 is 0. The van der Waals surface area contributed by atoms with Gasteiger partial charge < -0.3 is 19.9 Å². The number of hydrogen-bond donors (Lipinski definition) is 2. The quantitative estimate of drug-likeness (QED) is 0.348. The van der Waals surface area contributed by atoms with Crippen LogP contribution in [0.4, 0.5) is 0 Å². The van der Waals surface area contributed by atoms with Crippen molar-refractivity contribution in [1.29, 1.82) is 0 Å². The number of rotatable bonds is 9. The molecule has 0 aromatic heterocycles. The van der Waals surface area contributed by atoms with Gasteiger partial charge in [-0.05, 0) is 40.0 Å². The fourth-order valence-electron chi connectivity index (χ4n) is 1.17. The minimum Gasteiger partial charge on any atom is -0.463 e. The van der Waals surface area contributed by atoms with Crippen molar-refractivity contribution < 1.29 is 29.0 Å². The number of carbonyl (C=O) groups excluding carboxylic acids is 3. The second-order valence-electron chi connectivity index (χ2n) is 6.60. The van der Waals surface area contributed by atoms with Crippen molar-refractivity contribution in [2.45, 2.75) is 86.9 Å². The molecule has 2 N–H and O–H groups in total. The Morgan fingerprint density at radius 1 is 1.00 bits per heavy atom. The number of amides is 1. The normalized spacial score (nSPS) is 12.6. The SMILES string of the molecule is C=C(C)C(=O)OCCNC(=O)C(C)CC.CCC(C)O.CCC(C)OC(C)=O. The molecule has 0 aromatic carbocycles. The Morgan fingerprint density at radius 2 is 1.50 bits per heavy atom. The average Bonchev–Trinajstić information content (AvgIpc) is 2.64. The smallest absolute Gasteiger partial charge is 0.333 e. The van der Waals surface area contributed by atoms with Gasteiger partial charge in [0.25, 0.3) is 0 Å². The molecule has 0 aliphatic rings. The number of aliphatic hydroxyl groups is 1. The topological polar surface area (TPSA) is 102 Å². The molecule has 1 amide bonds. The van der Waals surface area contributed by atoms with Gasteiger partial charge in [-0.2, -0.15) is 0 Å². The number of nitrogens with one attached hydrogen (secondary N) is 1. The summed E-state index contributed by atoms with van der Waals surface area (Å²) in [6.45, 7) is 18.4. The fraction of sp³-hybridized carbons (Fsp3) is 0.762. The molecule has 0 rings (SSSR count). The van der Waals surface area contributed by atoms with E-state index in [1.807, 2.05) is 34.6 Å². The van der Waals surface area contributed by atoms with Crippen LogP contribution in [0.3, 0.4) is 0 Å². The van der Waals surface area contributed by atoms with E-state index in [0.717, 1.165) is 19.3 Å². The van der Waals surface area contributed by atoms with Crippen LogP contribution in [-0.4, -0.2) is 48.3 Å². The summed E-state index contributed by atoms with van der Waals surface area (Å²) < 4.78 is 9.57. The van der Waals surface area contributed by atoms with Gasteiger partial charge in [0, 0.05) is 18.4 Å². The Labute approximate surface area is 170 Å². The van der Waals surface area contributed by atoms with E-state index in [-0.39, 0.29) is 36.6 Å². The summed E-state index contributed by atoms with van der Waals surface area (Å²) in [5.74, 6) is -0.627. The van der Waals surface area contributed by atoms with Gasteiger partial charge in [0.2, 0.25) is 5.91 Å². The lowest BCUT2D eigenvalue weighted by atomic mass is 10.1. The van der Waals surface area contributed by atoms with Crippen molar-refractivity contribution in [1.82, 2.24) is 5.32 Å². The molecular weight excluding hydrogens is 362 g/mol. The molecule has 3 unspecified atom stereocenters. The first kappa shape index (κ1) is 30.8. The van der Waals surface area contributed by atoms with Crippen molar-refractivity contribution in [3.05, 3.63) is 12.2 Å². The van der Waals surface area contributed by atoms with E-state index in [9.17, 15) is 14.4 Å². The maximum atomic E-state index is 11.3. The summed E-state index contributed by atoms with van der Waals surface area (Å²) in [7, 11) is 0. The van der Waals surface area contributed by atoms with Crippen LogP contribution in [0.25, 0.3) is 0 Å². The summed E-state index contributed by atoms with van der Waals surface area (Å²) in [5, 5.41) is 11.0. The Bertz CT molecular complexity index is 448. The highest BCUT2D eigenvalue weighted by Crippen LogP contribution is 1.99. The highest BCUT2D eigenvalue weighted by Gasteiger charge is 2.09. The molecule has 0 saturated heterocycles. The molecule has 0 aliphatic heterocycles. The summed E-state index contributed by atoms with van der Waals surface area (Å²) in [6.07, 6.45) is 2.51. The second-order valence-corrected chi connectivity index (χ2v) is 6.60. The van der Waals surface area contributed by atoms with Gasteiger partial charge in [-0.1, -0.05) is 34.3 Å². The standard InChI is InChI=1S/C11H19NO3.C6H12O2.C4H10O/c1-5-9(4)10(13)12-6-7-15-11(14)8(2)3;1-4-5(2)8-6(3)7;1-3-4(2)5/h9H,2,5-7H2,1,3-4H3,(H,12,13);5H,4H2,1-3H3;4-5H,3H2,1-2H3. The highest BCUT2D eigenvalue weighted by molar-refractivity contribution is 5.86. The lowest BCUT2D eigenvalue weighted by Crippen LogP contribution is -2.32. The van der Waals surface area contributed by atoms with Crippen LogP contribution in [0, 0.1) is 5.92 Å². The van der Waals surface area contributed by atoms with Crippen LogP contribution >= 0.6 is 0 Å². The van der Waals surface area contributed by atoms with Crippen LogP contribution in [0.2, 0.25) is 0 Å². The largest absolute Gasteiger partial charge is 0.463 e. The monoisotopic (exact) mass is 403 g/mol. The van der Waals surface area contributed by atoms with Crippen molar-refractivity contribution in [3.8, 4) is 0 Å². The van der Waals surface area contributed by atoms with Gasteiger partial charge in [-0.25, -0.2) is 4.79 Å². The van der Waals surface area contributed by atoms with Gasteiger partial charge in [-0.15, -0.1) is 0 Å². The first-order valence-corrected chi connectivity index (χ1v) is 9.88. The molecule has 7 heteroatoms. The molecule has 0 radical (unpaired) electrons. The van der Waals surface area contributed by atoms with Gasteiger partial charge >= 0.3 is 11.9 Å². The van der Waals surface area contributed by atoms with Crippen LogP contribution < -0.4 is 5.32 Å². The number of aliphatic hydroxyl groups excluding tert-OH is 1. The van der Waals surface area contributed by atoms with Gasteiger partial charge in [0.15, 0.2) is 0 Å². The highest BCUT2D eigenvalue weighted by atomic mass is 16.5. The molecular formula is C21H41NO6. The van der Waals surface area contributed by atoms with E-state index in [1.54, 1.807) is 13.8 Å². The molecule has 0 saturated carbocycles. The maximum absolute atomic E-state index is 11.3. The molecule has 0 heterocycles. The number of esters is 2. The van der Waals surface area contributed by atoms with Crippen molar-refractivity contribution in [2.75, 3.05) is 13.2 Å². The third kappa shape index (κ3) is 24.1. The number of hydrogen-bond acceptors (Lipinski definition) is 6. The predicted octanol–water partition coefficient (Wildman–Crippen LogP) is 3.39. The Kier molecular flexibility index (Phi) is 21.9.